The quantitative estimate of drug-likeness (QED) is 0.753. The summed E-state index contributed by atoms with van der Waals surface area (Å²) in [5.74, 6) is -0.0814. The summed E-state index contributed by atoms with van der Waals surface area (Å²) in [6.07, 6.45) is 1.27. The van der Waals surface area contributed by atoms with E-state index in [2.05, 4.69) is 9.97 Å². The second-order valence-electron chi connectivity index (χ2n) is 3.13. The second-order valence-corrected chi connectivity index (χ2v) is 3.49. The van der Waals surface area contributed by atoms with Crippen molar-refractivity contribution in [2.24, 2.45) is 0 Å². The molecule has 0 aliphatic carbocycles. The van der Waals surface area contributed by atoms with E-state index in [1.54, 1.807) is 19.1 Å². The molecule has 0 fully saturated rings. The monoisotopic (exact) mass is 238 g/mol. The van der Waals surface area contributed by atoms with E-state index >= 15 is 0 Å². The van der Waals surface area contributed by atoms with Crippen molar-refractivity contribution in [2.45, 2.75) is 6.92 Å². The topological polar surface area (TPSA) is 35.0 Å². The standard InChI is InChI=1S/C11H8ClFN2O/c1-7-10(12)14-6-15-11(7)16-9-5-3-2-4-8(9)13/h2-6H,1H3. The highest BCUT2D eigenvalue weighted by Crippen LogP contribution is 2.27. The number of halogens is 2. The zero-order chi connectivity index (χ0) is 11.5. The molecule has 0 amide bonds. The van der Waals surface area contributed by atoms with Crippen LogP contribution in [0.5, 0.6) is 11.6 Å². The lowest BCUT2D eigenvalue weighted by Gasteiger charge is -2.07. The van der Waals surface area contributed by atoms with Crippen molar-refractivity contribution < 1.29 is 9.13 Å². The molecule has 0 atom stereocenters. The van der Waals surface area contributed by atoms with Crippen molar-refractivity contribution >= 4 is 11.6 Å². The Hall–Kier alpha value is -1.68. The lowest BCUT2D eigenvalue weighted by atomic mass is 10.3. The van der Waals surface area contributed by atoms with Crippen molar-refractivity contribution in [1.29, 1.82) is 0 Å². The molecule has 5 heteroatoms. The highest BCUT2D eigenvalue weighted by molar-refractivity contribution is 6.30. The fourth-order valence-electron chi connectivity index (χ4n) is 1.15. The molecular formula is C11H8ClFN2O. The number of nitrogens with zero attached hydrogens (tertiary/aromatic N) is 2. The number of hydrogen-bond donors (Lipinski definition) is 0. The Balaban J connectivity index is 2.35. The fraction of sp³-hybridized carbons (Fsp3) is 0.0909. The van der Waals surface area contributed by atoms with Gasteiger partial charge < -0.3 is 4.74 Å². The van der Waals surface area contributed by atoms with Crippen molar-refractivity contribution in [2.75, 3.05) is 0 Å². The van der Waals surface area contributed by atoms with Crippen LogP contribution < -0.4 is 4.74 Å². The number of para-hydroxylation sites is 1. The first-order valence-corrected chi connectivity index (χ1v) is 4.96. The van der Waals surface area contributed by atoms with Gasteiger partial charge in [0.25, 0.3) is 0 Å². The normalized spacial score (nSPS) is 10.2. The van der Waals surface area contributed by atoms with Crippen molar-refractivity contribution in [3.8, 4) is 11.6 Å². The van der Waals surface area contributed by atoms with Gasteiger partial charge in [-0.05, 0) is 19.1 Å². The molecule has 16 heavy (non-hydrogen) atoms. The summed E-state index contributed by atoms with van der Waals surface area (Å²) in [5, 5.41) is 0.293. The third-order valence-electron chi connectivity index (χ3n) is 2.02. The molecule has 0 aliphatic heterocycles. The largest absolute Gasteiger partial charge is 0.435 e. The minimum absolute atomic E-state index is 0.111. The van der Waals surface area contributed by atoms with E-state index in [4.69, 9.17) is 16.3 Å². The lowest BCUT2D eigenvalue weighted by molar-refractivity contribution is 0.423. The summed E-state index contributed by atoms with van der Waals surface area (Å²) in [5.41, 5.74) is 0.576. The van der Waals surface area contributed by atoms with Gasteiger partial charge in [-0.2, -0.15) is 0 Å². The maximum Gasteiger partial charge on any atom is 0.226 e. The zero-order valence-corrected chi connectivity index (χ0v) is 9.20. The van der Waals surface area contributed by atoms with E-state index in [9.17, 15) is 4.39 Å². The molecule has 0 spiro atoms. The Labute approximate surface area is 96.9 Å². The molecule has 2 rings (SSSR count). The Bertz CT molecular complexity index is 519. The van der Waals surface area contributed by atoms with Crippen molar-refractivity contribution in [3.05, 3.63) is 47.1 Å². The summed E-state index contributed by atoms with van der Waals surface area (Å²) in [4.78, 5) is 7.68. The van der Waals surface area contributed by atoms with Crippen molar-refractivity contribution in [3.63, 3.8) is 0 Å². The minimum Gasteiger partial charge on any atom is -0.435 e. The van der Waals surface area contributed by atoms with Gasteiger partial charge in [-0.1, -0.05) is 23.7 Å². The van der Waals surface area contributed by atoms with E-state index in [1.165, 1.54) is 18.5 Å². The van der Waals surface area contributed by atoms with Crippen LogP contribution in [0.2, 0.25) is 5.15 Å². The molecule has 0 saturated carbocycles. The van der Waals surface area contributed by atoms with Gasteiger partial charge in [0.15, 0.2) is 11.6 Å². The number of ether oxygens (including phenoxy) is 1. The smallest absolute Gasteiger partial charge is 0.226 e. The van der Waals surface area contributed by atoms with Crippen LogP contribution in [0.4, 0.5) is 4.39 Å². The molecule has 1 aromatic heterocycles. The van der Waals surface area contributed by atoms with E-state index in [0.29, 0.717) is 10.7 Å². The predicted molar refractivity (Wildman–Crippen MR) is 58.3 cm³/mol. The third kappa shape index (κ3) is 2.12. The van der Waals surface area contributed by atoms with Gasteiger partial charge in [-0.25, -0.2) is 14.4 Å². The average Bonchev–Trinajstić information content (AvgIpc) is 2.28. The number of aromatic nitrogens is 2. The SMILES string of the molecule is Cc1c(Cl)ncnc1Oc1ccccc1F. The minimum atomic E-state index is -0.448. The van der Waals surface area contributed by atoms with Crippen LogP contribution >= 0.6 is 11.6 Å². The average molecular weight is 239 g/mol. The summed E-state index contributed by atoms with van der Waals surface area (Å²) in [6, 6.07) is 6.09. The summed E-state index contributed by atoms with van der Waals surface area (Å²) >= 11 is 5.79. The molecular weight excluding hydrogens is 231 g/mol. The van der Waals surface area contributed by atoms with Crippen LogP contribution in [0.15, 0.2) is 30.6 Å². The van der Waals surface area contributed by atoms with Gasteiger partial charge in [0.2, 0.25) is 5.88 Å². The molecule has 2 aromatic rings. The van der Waals surface area contributed by atoms with Crippen molar-refractivity contribution in [1.82, 2.24) is 9.97 Å². The van der Waals surface area contributed by atoms with Crippen LogP contribution in [0, 0.1) is 12.7 Å². The maximum absolute atomic E-state index is 13.3. The number of benzene rings is 1. The lowest BCUT2D eigenvalue weighted by Crippen LogP contribution is -1.95. The first-order valence-electron chi connectivity index (χ1n) is 4.58. The Morgan fingerprint density at radius 2 is 2.00 bits per heavy atom. The van der Waals surface area contributed by atoms with Gasteiger partial charge in [0.05, 0.1) is 0 Å². The highest BCUT2D eigenvalue weighted by Gasteiger charge is 2.09. The maximum atomic E-state index is 13.3. The highest BCUT2D eigenvalue weighted by atomic mass is 35.5. The molecule has 3 nitrogen and oxygen atoms in total. The van der Waals surface area contributed by atoms with Gasteiger partial charge in [-0.15, -0.1) is 0 Å². The first-order chi connectivity index (χ1) is 7.68. The summed E-state index contributed by atoms with van der Waals surface area (Å²) in [7, 11) is 0. The van der Waals surface area contributed by atoms with Crippen LogP contribution in [0.25, 0.3) is 0 Å². The number of rotatable bonds is 2. The molecule has 1 aromatic carbocycles. The van der Waals surface area contributed by atoms with Gasteiger partial charge in [0, 0.05) is 5.56 Å². The Morgan fingerprint density at radius 1 is 1.25 bits per heavy atom. The fourth-order valence-corrected chi connectivity index (χ4v) is 1.27. The third-order valence-corrected chi connectivity index (χ3v) is 2.40. The Morgan fingerprint density at radius 3 is 2.75 bits per heavy atom. The van der Waals surface area contributed by atoms with Gasteiger partial charge in [-0.3, -0.25) is 0 Å². The van der Waals surface area contributed by atoms with Crippen LogP contribution in [-0.4, -0.2) is 9.97 Å². The second kappa shape index (κ2) is 4.45. The number of hydrogen-bond acceptors (Lipinski definition) is 3. The first kappa shape index (κ1) is 10.8. The molecule has 82 valence electrons. The zero-order valence-electron chi connectivity index (χ0n) is 8.45. The van der Waals surface area contributed by atoms with Crippen LogP contribution in [0.3, 0.4) is 0 Å². The molecule has 0 unspecified atom stereocenters. The van der Waals surface area contributed by atoms with E-state index < -0.39 is 5.82 Å². The van der Waals surface area contributed by atoms with Gasteiger partial charge in [0.1, 0.15) is 11.5 Å². The van der Waals surface area contributed by atoms with Gasteiger partial charge >= 0.3 is 0 Å². The molecule has 0 N–H and O–H groups in total. The summed E-state index contributed by atoms with van der Waals surface area (Å²) in [6.45, 7) is 1.71. The Kier molecular flexibility index (Phi) is 3.01. The van der Waals surface area contributed by atoms with E-state index in [-0.39, 0.29) is 11.6 Å². The summed E-state index contributed by atoms with van der Waals surface area (Å²) < 4.78 is 18.6. The molecule has 0 radical (unpaired) electrons. The van der Waals surface area contributed by atoms with Crippen LogP contribution in [-0.2, 0) is 0 Å². The van der Waals surface area contributed by atoms with E-state index in [1.807, 2.05) is 0 Å². The molecule has 0 saturated heterocycles. The van der Waals surface area contributed by atoms with E-state index in [0.717, 1.165) is 0 Å². The predicted octanol–water partition coefficient (Wildman–Crippen LogP) is 3.37. The molecule has 0 bridgehead atoms. The van der Waals surface area contributed by atoms with Crippen LogP contribution in [0.1, 0.15) is 5.56 Å². The molecule has 1 heterocycles. The molecule has 0 aliphatic rings.